The average Bonchev–Trinajstić information content (AvgIpc) is 2.85. The van der Waals surface area contributed by atoms with Crippen molar-refractivity contribution < 1.29 is 19.1 Å². The summed E-state index contributed by atoms with van der Waals surface area (Å²) in [4.78, 5) is 25.6. The van der Waals surface area contributed by atoms with Crippen molar-refractivity contribution in [3.8, 4) is 17.6 Å². The summed E-state index contributed by atoms with van der Waals surface area (Å²) in [5.41, 5.74) is 2.61. The number of nitrogens with zero attached hydrogens (tertiary/aromatic N) is 1. The maximum atomic E-state index is 12.4. The van der Waals surface area contributed by atoms with Crippen LogP contribution in [0, 0.1) is 11.8 Å². The number of aromatic hydroxyl groups is 1. The normalized spacial score (nSPS) is 12.4. The van der Waals surface area contributed by atoms with Crippen LogP contribution in [0.25, 0.3) is 0 Å². The molecule has 0 spiro atoms. The molecule has 1 amide bonds. The highest BCUT2D eigenvalue weighted by Gasteiger charge is 2.30. The van der Waals surface area contributed by atoms with Crippen LogP contribution in [0.1, 0.15) is 27.2 Å². The van der Waals surface area contributed by atoms with Crippen LogP contribution >= 0.6 is 0 Å². The molecule has 4 rings (SSSR count). The SMILES string of the molecule is C=C.COC1CN(C(=O)c2ccc(C#Cc3ccc(NCc4occc(=O)c4O)cc3)cc2)C1. The molecule has 2 aromatic carbocycles. The zero-order valence-corrected chi connectivity index (χ0v) is 18.9. The molecule has 174 valence electrons. The minimum atomic E-state index is -0.476. The highest BCUT2D eigenvalue weighted by molar-refractivity contribution is 5.94. The Morgan fingerprint density at radius 2 is 1.68 bits per heavy atom. The number of anilines is 1. The van der Waals surface area contributed by atoms with Crippen LogP contribution in [0.3, 0.4) is 0 Å². The van der Waals surface area contributed by atoms with E-state index in [-0.39, 0.29) is 30.1 Å². The molecule has 0 unspecified atom stereocenters. The van der Waals surface area contributed by atoms with Crippen molar-refractivity contribution in [1.29, 1.82) is 0 Å². The monoisotopic (exact) mass is 458 g/mol. The van der Waals surface area contributed by atoms with Crippen molar-refractivity contribution in [2.45, 2.75) is 12.6 Å². The van der Waals surface area contributed by atoms with E-state index in [1.165, 1.54) is 12.3 Å². The molecule has 3 aromatic rings. The van der Waals surface area contributed by atoms with Crippen molar-refractivity contribution in [3.63, 3.8) is 0 Å². The highest BCUT2D eigenvalue weighted by atomic mass is 16.5. The lowest BCUT2D eigenvalue weighted by atomic mass is 10.1. The van der Waals surface area contributed by atoms with E-state index >= 15 is 0 Å². The number of amides is 1. The Kier molecular flexibility index (Phi) is 8.27. The van der Waals surface area contributed by atoms with Gasteiger partial charge in [0.1, 0.15) is 0 Å². The van der Waals surface area contributed by atoms with Gasteiger partial charge in [0.2, 0.25) is 11.2 Å². The molecule has 2 heterocycles. The Balaban J connectivity index is 0.00000158. The maximum Gasteiger partial charge on any atom is 0.254 e. The number of ether oxygens (including phenoxy) is 1. The molecule has 0 radical (unpaired) electrons. The molecule has 0 aliphatic carbocycles. The summed E-state index contributed by atoms with van der Waals surface area (Å²) in [7, 11) is 1.65. The Hall–Kier alpha value is -4.28. The van der Waals surface area contributed by atoms with Crippen LogP contribution in [0.5, 0.6) is 5.75 Å². The summed E-state index contributed by atoms with van der Waals surface area (Å²) in [6.07, 6.45) is 1.39. The molecular formula is C27H26N2O5. The fourth-order valence-electron chi connectivity index (χ4n) is 3.21. The Bertz CT molecular complexity index is 1230. The first-order valence-electron chi connectivity index (χ1n) is 10.6. The zero-order valence-electron chi connectivity index (χ0n) is 18.9. The number of carbonyl (C=O) groups is 1. The Morgan fingerprint density at radius 1 is 1.09 bits per heavy atom. The molecule has 1 fully saturated rings. The quantitative estimate of drug-likeness (QED) is 0.448. The predicted molar refractivity (Wildman–Crippen MR) is 131 cm³/mol. The second-order valence-electron chi connectivity index (χ2n) is 7.38. The molecule has 1 aliphatic heterocycles. The first-order chi connectivity index (χ1) is 16.5. The summed E-state index contributed by atoms with van der Waals surface area (Å²) >= 11 is 0. The summed E-state index contributed by atoms with van der Waals surface area (Å²) in [5.74, 6) is 5.98. The third-order valence-electron chi connectivity index (χ3n) is 5.22. The van der Waals surface area contributed by atoms with Crippen LogP contribution in [0.2, 0.25) is 0 Å². The van der Waals surface area contributed by atoms with Gasteiger partial charge in [-0.3, -0.25) is 9.59 Å². The molecule has 0 saturated carbocycles. The summed E-state index contributed by atoms with van der Waals surface area (Å²) in [6, 6.07) is 15.9. The van der Waals surface area contributed by atoms with E-state index in [0.29, 0.717) is 18.7 Å². The summed E-state index contributed by atoms with van der Waals surface area (Å²) < 4.78 is 10.4. The number of rotatable bonds is 5. The van der Waals surface area contributed by atoms with Crippen molar-refractivity contribution in [3.05, 3.63) is 107 Å². The molecule has 0 atom stereocenters. The average molecular weight is 459 g/mol. The summed E-state index contributed by atoms with van der Waals surface area (Å²) in [5, 5.41) is 12.8. The van der Waals surface area contributed by atoms with Crippen molar-refractivity contribution in [2.24, 2.45) is 0 Å². The third kappa shape index (κ3) is 5.94. The maximum absolute atomic E-state index is 12.4. The minimum Gasteiger partial charge on any atom is -0.502 e. The fourth-order valence-corrected chi connectivity index (χ4v) is 3.21. The van der Waals surface area contributed by atoms with E-state index < -0.39 is 5.43 Å². The molecule has 0 bridgehead atoms. The molecular weight excluding hydrogens is 432 g/mol. The second-order valence-corrected chi connectivity index (χ2v) is 7.38. The van der Waals surface area contributed by atoms with Crippen LogP contribution < -0.4 is 10.7 Å². The lowest BCUT2D eigenvalue weighted by Gasteiger charge is -2.38. The molecule has 1 aliphatic rings. The molecule has 7 nitrogen and oxygen atoms in total. The van der Waals surface area contributed by atoms with Gasteiger partial charge in [0.05, 0.1) is 18.9 Å². The molecule has 2 N–H and O–H groups in total. The predicted octanol–water partition coefficient (Wildman–Crippen LogP) is 3.63. The van der Waals surface area contributed by atoms with Gasteiger partial charge in [-0.25, -0.2) is 0 Å². The van der Waals surface area contributed by atoms with Crippen molar-refractivity contribution in [2.75, 3.05) is 25.5 Å². The number of hydrogen-bond acceptors (Lipinski definition) is 6. The lowest BCUT2D eigenvalue weighted by Crippen LogP contribution is -2.54. The first-order valence-corrected chi connectivity index (χ1v) is 10.6. The van der Waals surface area contributed by atoms with E-state index in [1.807, 2.05) is 36.4 Å². The molecule has 34 heavy (non-hydrogen) atoms. The van der Waals surface area contributed by atoms with Gasteiger partial charge in [0, 0.05) is 48.6 Å². The van der Waals surface area contributed by atoms with Crippen molar-refractivity contribution in [1.82, 2.24) is 4.90 Å². The minimum absolute atomic E-state index is 0.00370. The first kappa shape index (κ1) is 24.4. The molecule has 7 heteroatoms. The van der Waals surface area contributed by atoms with E-state index in [4.69, 9.17) is 9.15 Å². The van der Waals surface area contributed by atoms with E-state index in [2.05, 4.69) is 30.3 Å². The lowest BCUT2D eigenvalue weighted by molar-refractivity contribution is -0.0191. The number of hydrogen-bond donors (Lipinski definition) is 2. The van der Waals surface area contributed by atoms with Crippen molar-refractivity contribution >= 4 is 11.6 Å². The van der Waals surface area contributed by atoms with Crippen LogP contribution in [-0.2, 0) is 11.3 Å². The number of likely N-dealkylation sites (tertiary alicyclic amines) is 1. The Morgan fingerprint density at radius 3 is 2.26 bits per heavy atom. The molecule has 1 aromatic heterocycles. The number of carbonyl (C=O) groups excluding carboxylic acids is 1. The van der Waals surface area contributed by atoms with Gasteiger partial charge in [-0.1, -0.05) is 11.8 Å². The van der Waals surface area contributed by atoms with Gasteiger partial charge < -0.3 is 24.5 Å². The largest absolute Gasteiger partial charge is 0.502 e. The fraction of sp³-hybridized carbons (Fsp3) is 0.185. The topological polar surface area (TPSA) is 92.0 Å². The summed E-state index contributed by atoms with van der Waals surface area (Å²) in [6.45, 7) is 7.44. The van der Waals surface area contributed by atoms with Crippen LogP contribution in [0.4, 0.5) is 5.69 Å². The highest BCUT2D eigenvalue weighted by Crippen LogP contribution is 2.17. The third-order valence-corrected chi connectivity index (χ3v) is 5.22. The van der Waals surface area contributed by atoms with Gasteiger partial charge in [-0.2, -0.15) is 0 Å². The standard InChI is InChI=1S/C25H22N2O5.C2H4/c1-31-21-15-27(16-21)25(30)19-8-4-17(5-9-19)2-3-18-6-10-20(11-7-18)26-14-23-24(29)22(28)12-13-32-23;1-2/h4-13,21,26,29H,14-16H2,1H3;1-2H2. The Labute approximate surface area is 198 Å². The van der Waals surface area contributed by atoms with Gasteiger partial charge >= 0.3 is 0 Å². The number of methoxy groups -OCH3 is 1. The van der Waals surface area contributed by atoms with Crippen LogP contribution in [0.15, 0.2) is 83.2 Å². The van der Waals surface area contributed by atoms with Gasteiger partial charge in [0.25, 0.3) is 5.91 Å². The number of benzene rings is 2. The second kappa shape index (κ2) is 11.5. The smallest absolute Gasteiger partial charge is 0.254 e. The zero-order chi connectivity index (χ0) is 24.5. The number of nitrogens with one attached hydrogen (secondary N) is 1. The molecule has 1 saturated heterocycles. The van der Waals surface area contributed by atoms with E-state index in [0.717, 1.165) is 16.8 Å². The van der Waals surface area contributed by atoms with E-state index in [9.17, 15) is 14.7 Å². The van der Waals surface area contributed by atoms with Crippen LogP contribution in [-0.4, -0.2) is 42.2 Å². The van der Waals surface area contributed by atoms with Gasteiger partial charge in [-0.15, -0.1) is 13.2 Å². The van der Waals surface area contributed by atoms with E-state index in [1.54, 1.807) is 24.1 Å². The van der Waals surface area contributed by atoms with Gasteiger partial charge in [0.15, 0.2) is 5.76 Å². The van der Waals surface area contributed by atoms with Gasteiger partial charge in [-0.05, 0) is 48.5 Å².